The van der Waals surface area contributed by atoms with E-state index in [0.29, 0.717) is 15.8 Å². The molecule has 0 aromatic heterocycles. The van der Waals surface area contributed by atoms with E-state index in [2.05, 4.69) is 19.1 Å². The Morgan fingerprint density at radius 1 is 1.07 bits per heavy atom. The summed E-state index contributed by atoms with van der Waals surface area (Å²) in [4.78, 5) is 15.1. The van der Waals surface area contributed by atoms with Crippen molar-refractivity contribution in [3.05, 3.63) is 64.6 Å². The minimum atomic E-state index is -0.0693. The monoisotopic (exact) mass is 397 g/mol. The lowest BCUT2D eigenvalue weighted by molar-refractivity contribution is -0.113. The molecule has 3 rings (SSSR count). The first-order valence-electron chi connectivity index (χ1n) is 9.22. The fraction of sp³-hybridized carbons (Fsp3) is 0.273. The molecule has 2 aromatic carbocycles. The van der Waals surface area contributed by atoms with Crippen molar-refractivity contribution in [1.82, 2.24) is 0 Å². The number of benzene rings is 2. The molecule has 1 fully saturated rings. The Morgan fingerprint density at radius 2 is 1.78 bits per heavy atom. The molecule has 0 aliphatic carbocycles. The Hall–Kier alpha value is -2.11. The van der Waals surface area contributed by atoms with E-state index in [4.69, 9.17) is 17.0 Å². The van der Waals surface area contributed by atoms with Crippen LogP contribution in [-0.2, 0) is 11.2 Å². The third-order valence-corrected chi connectivity index (χ3v) is 5.60. The second-order valence-electron chi connectivity index (χ2n) is 6.29. The number of thioether (sulfide) groups is 1. The van der Waals surface area contributed by atoms with Crippen molar-refractivity contribution in [2.45, 2.75) is 33.1 Å². The molecule has 0 unspecified atom stereocenters. The van der Waals surface area contributed by atoms with Gasteiger partial charge in [-0.1, -0.05) is 61.6 Å². The largest absolute Gasteiger partial charge is 0.494 e. The topological polar surface area (TPSA) is 29.5 Å². The molecule has 27 heavy (non-hydrogen) atoms. The third kappa shape index (κ3) is 4.79. The summed E-state index contributed by atoms with van der Waals surface area (Å²) in [5.74, 6) is 0.755. The smallest absolute Gasteiger partial charge is 0.270 e. The van der Waals surface area contributed by atoms with Gasteiger partial charge in [-0.3, -0.25) is 9.69 Å². The SMILES string of the molecule is CCCCc1ccc(N2C(=O)C(=Cc3ccc(OCC)cc3)SC2=S)cc1. The highest BCUT2D eigenvalue weighted by molar-refractivity contribution is 8.27. The van der Waals surface area contributed by atoms with Crippen molar-refractivity contribution in [3.8, 4) is 5.75 Å². The van der Waals surface area contributed by atoms with Crippen LogP contribution in [-0.4, -0.2) is 16.8 Å². The first kappa shape index (κ1) is 19.6. The van der Waals surface area contributed by atoms with Crippen LogP contribution in [0.2, 0.25) is 0 Å². The average molecular weight is 398 g/mol. The van der Waals surface area contributed by atoms with Gasteiger partial charge in [0.15, 0.2) is 4.32 Å². The maximum Gasteiger partial charge on any atom is 0.270 e. The highest BCUT2D eigenvalue weighted by atomic mass is 32.2. The van der Waals surface area contributed by atoms with Crippen LogP contribution in [0.1, 0.15) is 37.8 Å². The molecule has 0 atom stereocenters. The van der Waals surface area contributed by atoms with Gasteiger partial charge in [0.05, 0.1) is 17.2 Å². The van der Waals surface area contributed by atoms with E-state index >= 15 is 0 Å². The van der Waals surface area contributed by atoms with Crippen molar-refractivity contribution in [3.63, 3.8) is 0 Å². The van der Waals surface area contributed by atoms with Crippen LogP contribution in [0, 0.1) is 0 Å². The van der Waals surface area contributed by atoms with Crippen LogP contribution in [0.4, 0.5) is 5.69 Å². The van der Waals surface area contributed by atoms with Crippen LogP contribution in [0.3, 0.4) is 0 Å². The number of amides is 1. The Kier molecular flexibility index (Phi) is 6.69. The molecule has 1 amide bonds. The number of rotatable bonds is 7. The Labute approximate surface area is 170 Å². The molecule has 1 heterocycles. The van der Waals surface area contributed by atoms with Crippen LogP contribution in [0.25, 0.3) is 6.08 Å². The maximum absolute atomic E-state index is 12.9. The summed E-state index contributed by atoms with van der Waals surface area (Å²) in [7, 11) is 0. The summed E-state index contributed by atoms with van der Waals surface area (Å²) in [5, 5.41) is 0. The number of carbonyl (C=O) groups is 1. The number of thiocarbonyl (C=S) groups is 1. The summed E-state index contributed by atoms with van der Waals surface area (Å²) >= 11 is 6.80. The number of carbonyl (C=O) groups excluding carboxylic acids is 1. The van der Waals surface area contributed by atoms with Gasteiger partial charge in [-0.15, -0.1) is 0 Å². The standard InChI is InChI=1S/C22H23NO2S2/c1-3-5-6-16-7-11-18(12-8-16)23-21(24)20(27-22(23)26)15-17-9-13-19(14-10-17)25-4-2/h7-15H,3-6H2,1-2H3. The van der Waals surface area contributed by atoms with E-state index in [1.165, 1.54) is 30.2 Å². The molecule has 2 aromatic rings. The first-order chi connectivity index (χ1) is 13.1. The van der Waals surface area contributed by atoms with Gasteiger partial charge in [0.2, 0.25) is 0 Å². The summed E-state index contributed by atoms with van der Waals surface area (Å²) < 4.78 is 6.02. The zero-order valence-electron chi connectivity index (χ0n) is 15.6. The normalized spacial score (nSPS) is 15.6. The van der Waals surface area contributed by atoms with Crippen LogP contribution in [0.5, 0.6) is 5.75 Å². The highest BCUT2D eigenvalue weighted by Crippen LogP contribution is 2.36. The molecule has 3 nitrogen and oxygen atoms in total. The molecule has 1 aliphatic heterocycles. The van der Waals surface area contributed by atoms with Gasteiger partial charge in [-0.05, 0) is 61.2 Å². The van der Waals surface area contributed by atoms with Gasteiger partial charge in [0.1, 0.15) is 5.75 Å². The molecule has 0 bridgehead atoms. The summed E-state index contributed by atoms with van der Waals surface area (Å²) in [5.41, 5.74) is 3.07. The molecule has 140 valence electrons. The maximum atomic E-state index is 12.9. The van der Waals surface area contributed by atoms with E-state index < -0.39 is 0 Å². The van der Waals surface area contributed by atoms with Crippen molar-refractivity contribution < 1.29 is 9.53 Å². The van der Waals surface area contributed by atoms with E-state index in [0.717, 1.165) is 23.4 Å². The fourth-order valence-electron chi connectivity index (χ4n) is 2.86. The second-order valence-corrected chi connectivity index (χ2v) is 7.96. The quantitative estimate of drug-likeness (QED) is 0.434. The summed E-state index contributed by atoms with van der Waals surface area (Å²) in [6.07, 6.45) is 5.29. The first-order valence-corrected chi connectivity index (χ1v) is 10.4. The molecule has 0 saturated carbocycles. The van der Waals surface area contributed by atoms with Crippen molar-refractivity contribution in [1.29, 1.82) is 0 Å². The predicted molar refractivity (Wildman–Crippen MR) is 118 cm³/mol. The Morgan fingerprint density at radius 3 is 2.41 bits per heavy atom. The summed E-state index contributed by atoms with van der Waals surface area (Å²) in [6, 6.07) is 15.8. The van der Waals surface area contributed by atoms with E-state index in [1.807, 2.05) is 49.4 Å². The zero-order chi connectivity index (χ0) is 19.2. The van der Waals surface area contributed by atoms with Crippen molar-refractivity contribution in [2.24, 2.45) is 0 Å². The summed E-state index contributed by atoms with van der Waals surface area (Å²) in [6.45, 7) is 4.77. The second kappa shape index (κ2) is 9.20. The Balaban J connectivity index is 1.76. The van der Waals surface area contributed by atoms with E-state index in [9.17, 15) is 4.79 Å². The molecule has 0 spiro atoms. The lowest BCUT2D eigenvalue weighted by Gasteiger charge is -2.15. The lowest BCUT2D eigenvalue weighted by atomic mass is 10.1. The minimum absolute atomic E-state index is 0.0693. The molecular weight excluding hydrogens is 374 g/mol. The molecule has 0 N–H and O–H groups in total. The highest BCUT2D eigenvalue weighted by Gasteiger charge is 2.33. The lowest BCUT2D eigenvalue weighted by Crippen LogP contribution is -2.27. The Bertz CT molecular complexity index is 842. The molecule has 1 aliphatic rings. The third-order valence-electron chi connectivity index (χ3n) is 4.30. The fourth-order valence-corrected chi connectivity index (χ4v) is 4.16. The number of anilines is 1. The van der Waals surface area contributed by atoms with Gasteiger partial charge < -0.3 is 4.74 Å². The van der Waals surface area contributed by atoms with Gasteiger partial charge in [-0.2, -0.15) is 0 Å². The minimum Gasteiger partial charge on any atom is -0.494 e. The van der Waals surface area contributed by atoms with Gasteiger partial charge in [0, 0.05) is 0 Å². The van der Waals surface area contributed by atoms with E-state index in [-0.39, 0.29) is 5.91 Å². The van der Waals surface area contributed by atoms with Crippen LogP contribution < -0.4 is 9.64 Å². The van der Waals surface area contributed by atoms with Crippen LogP contribution in [0.15, 0.2) is 53.4 Å². The molecule has 1 saturated heterocycles. The van der Waals surface area contributed by atoms with Gasteiger partial charge in [0.25, 0.3) is 5.91 Å². The molecule has 5 heteroatoms. The van der Waals surface area contributed by atoms with Crippen molar-refractivity contribution >= 4 is 46.0 Å². The van der Waals surface area contributed by atoms with Gasteiger partial charge >= 0.3 is 0 Å². The van der Waals surface area contributed by atoms with Gasteiger partial charge in [-0.25, -0.2) is 0 Å². The number of ether oxygens (including phenoxy) is 1. The number of hydrogen-bond acceptors (Lipinski definition) is 4. The number of unbranched alkanes of at least 4 members (excludes halogenated alkanes) is 1. The number of hydrogen-bond donors (Lipinski definition) is 0. The molecule has 0 radical (unpaired) electrons. The predicted octanol–water partition coefficient (Wildman–Crippen LogP) is 5.83. The zero-order valence-corrected chi connectivity index (χ0v) is 17.2. The number of nitrogens with zero attached hydrogens (tertiary/aromatic N) is 1. The van der Waals surface area contributed by atoms with Crippen molar-refractivity contribution in [2.75, 3.05) is 11.5 Å². The van der Waals surface area contributed by atoms with Crippen LogP contribution >= 0.6 is 24.0 Å². The number of aryl methyl sites for hydroxylation is 1. The molecular formula is C22H23NO2S2. The van der Waals surface area contributed by atoms with E-state index in [1.54, 1.807) is 4.90 Å². The average Bonchev–Trinajstić information content (AvgIpc) is 2.95.